The number of nitrogens with one attached hydrogen (secondary N) is 2. The van der Waals surface area contributed by atoms with Gasteiger partial charge in [-0.3, -0.25) is 14.9 Å². The van der Waals surface area contributed by atoms with Crippen molar-refractivity contribution < 1.29 is 14.2 Å². The lowest BCUT2D eigenvalue weighted by atomic mass is 10.0. The number of aliphatic hydroxyl groups excluding tert-OH is 1. The van der Waals surface area contributed by atoms with Crippen LogP contribution in [-0.2, 0) is 4.74 Å². The van der Waals surface area contributed by atoms with Crippen molar-refractivity contribution in [2.24, 2.45) is 4.99 Å². The number of halogens is 1. The van der Waals surface area contributed by atoms with Crippen LogP contribution in [0.5, 0.6) is 0 Å². The highest BCUT2D eigenvalue weighted by Crippen LogP contribution is 2.22. The Morgan fingerprint density at radius 1 is 1.13 bits per heavy atom. The predicted octanol–water partition coefficient (Wildman–Crippen LogP) is 1.88. The summed E-state index contributed by atoms with van der Waals surface area (Å²) in [6.07, 6.45) is 2.66. The van der Waals surface area contributed by atoms with E-state index < -0.39 is 6.10 Å². The molecule has 2 atom stereocenters. The SMILES string of the molecule is CCNC(=NCC(c1ccc(F)cc1)N1CCOCC1)NCC(O)c1ccncc1. The van der Waals surface area contributed by atoms with E-state index in [1.807, 2.05) is 19.1 Å². The van der Waals surface area contributed by atoms with Crippen molar-refractivity contribution >= 4 is 5.96 Å². The first-order valence-corrected chi connectivity index (χ1v) is 10.3. The van der Waals surface area contributed by atoms with Gasteiger partial charge in [0.1, 0.15) is 5.82 Å². The van der Waals surface area contributed by atoms with Gasteiger partial charge in [-0.05, 0) is 42.3 Å². The van der Waals surface area contributed by atoms with Gasteiger partial charge >= 0.3 is 0 Å². The summed E-state index contributed by atoms with van der Waals surface area (Å²) in [6.45, 7) is 6.51. The molecule has 1 aliphatic heterocycles. The Morgan fingerprint density at radius 2 is 1.83 bits per heavy atom. The largest absolute Gasteiger partial charge is 0.387 e. The number of ether oxygens (including phenoxy) is 1. The molecule has 2 unspecified atom stereocenters. The highest BCUT2D eigenvalue weighted by Gasteiger charge is 2.22. The third kappa shape index (κ3) is 6.48. The fourth-order valence-electron chi connectivity index (χ4n) is 3.42. The number of benzene rings is 1. The smallest absolute Gasteiger partial charge is 0.191 e. The number of aromatic nitrogens is 1. The summed E-state index contributed by atoms with van der Waals surface area (Å²) in [5, 5.41) is 16.8. The molecule has 1 aromatic heterocycles. The molecule has 2 aromatic rings. The summed E-state index contributed by atoms with van der Waals surface area (Å²) in [4.78, 5) is 11.0. The molecule has 7 nitrogen and oxygen atoms in total. The van der Waals surface area contributed by atoms with E-state index in [-0.39, 0.29) is 11.9 Å². The van der Waals surface area contributed by atoms with E-state index in [0.29, 0.717) is 38.8 Å². The Balaban J connectivity index is 1.69. The zero-order valence-electron chi connectivity index (χ0n) is 17.3. The number of hydrogen-bond acceptors (Lipinski definition) is 5. The van der Waals surface area contributed by atoms with Crippen LogP contribution in [0.2, 0.25) is 0 Å². The van der Waals surface area contributed by atoms with Gasteiger partial charge in [-0.25, -0.2) is 4.39 Å². The molecule has 0 bridgehead atoms. The third-order valence-corrected chi connectivity index (χ3v) is 5.06. The number of aliphatic imine (C=N–C) groups is 1. The Morgan fingerprint density at radius 3 is 2.50 bits per heavy atom. The monoisotopic (exact) mass is 415 g/mol. The molecular weight excluding hydrogens is 385 g/mol. The fraction of sp³-hybridized carbons (Fsp3) is 0.455. The lowest BCUT2D eigenvalue weighted by Crippen LogP contribution is -2.42. The maximum Gasteiger partial charge on any atom is 0.191 e. The van der Waals surface area contributed by atoms with Crippen LogP contribution in [0.15, 0.2) is 53.8 Å². The van der Waals surface area contributed by atoms with E-state index in [1.165, 1.54) is 12.1 Å². The second-order valence-corrected chi connectivity index (χ2v) is 7.11. The topological polar surface area (TPSA) is 82.0 Å². The lowest BCUT2D eigenvalue weighted by Gasteiger charge is -2.34. The number of nitrogens with zero attached hydrogens (tertiary/aromatic N) is 3. The van der Waals surface area contributed by atoms with Crippen molar-refractivity contribution in [3.8, 4) is 0 Å². The van der Waals surface area contributed by atoms with Gasteiger partial charge in [0.25, 0.3) is 0 Å². The normalized spacial score (nSPS) is 17.4. The first-order chi connectivity index (χ1) is 14.7. The van der Waals surface area contributed by atoms with Crippen LogP contribution in [0, 0.1) is 5.82 Å². The first kappa shape index (κ1) is 22.1. The Bertz CT molecular complexity index is 782. The van der Waals surface area contributed by atoms with E-state index in [2.05, 4.69) is 20.5 Å². The molecule has 30 heavy (non-hydrogen) atoms. The molecule has 0 spiro atoms. The number of guanidine groups is 1. The number of morpholine rings is 1. The molecule has 1 aromatic carbocycles. The number of aliphatic hydroxyl groups is 1. The molecule has 3 rings (SSSR count). The molecule has 1 saturated heterocycles. The van der Waals surface area contributed by atoms with Gasteiger partial charge in [-0.15, -0.1) is 0 Å². The van der Waals surface area contributed by atoms with Crippen molar-refractivity contribution in [3.63, 3.8) is 0 Å². The lowest BCUT2D eigenvalue weighted by molar-refractivity contribution is 0.0179. The Labute approximate surface area is 177 Å². The molecule has 162 valence electrons. The van der Waals surface area contributed by atoms with Crippen molar-refractivity contribution in [2.45, 2.75) is 19.1 Å². The van der Waals surface area contributed by atoms with Gasteiger partial charge in [-0.1, -0.05) is 12.1 Å². The van der Waals surface area contributed by atoms with E-state index in [0.717, 1.165) is 24.2 Å². The second kappa shape index (κ2) is 11.6. The van der Waals surface area contributed by atoms with E-state index >= 15 is 0 Å². The second-order valence-electron chi connectivity index (χ2n) is 7.11. The van der Waals surface area contributed by atoms with Crippen molar-refractivity contribution in [1.82, 2.24) is 20.5 Å². The third-order valence-electron chi connectivity index (χ3n) is 5.06. The van der Waals surface area contributed by atoms with E-state index in [1.54, 1.807) is 24.5 Å². The van der Waals surface area contributed by atoms with Crippen LogP contribution in [0.25, 0.3) is 0 Å². The molecule has 0 aliphatic carbocycles. The average molecular weight is 416 g/mol. The highest BCUT2D eigenvalue weighted by atomic mass is 19.1. The van der Waals surface area contributed by atoms with Gasteiger partial charge in [0.15, 0.2) is 5.96 Å². The van der Waals surface area contributed by atoms with Crippen molar-refractivity contribution in [2.75, 3.05) is 45.9 Å². The molecule has 0 saturated carbocycles. The van der Waals surface area contributed by atoms with Crippen LogP contribution in [0.1, 0.15) is 30.2 Å². The fourth-order valence-corrected chi connectivity index (χ4v) is 3.42. The number of pyridine rings is 1. The van der Waals surface area contributed by atoms with Crippen LogP contribution >= 0.6 is 0 Å². The molecule has 8 heteroatoms. The molecule has 0 radical (unpaired) electrons. The van der Waals surface area contributed by atoms with Gasteiger partial charge in [0.05, 0.1) is 31.9 Å². The quantitative estimate of drug-likeness (QED) is 0.451. The van der Waals surface area contributed by atoms with Gasteiger partial charge in [-0.2, -0.15) is 0 Å². The minimum Gasteiger partial charge on any atom is -0.387 e. The van der Waals surface area contributed by atoms with Crippen molar-refractivity contribution in [3.05, 3.63) is 65.7 Å². The molecule has 3 N–H and O–H groups in total. The minimum atomic E-state index is -0.663. The Hall–Kier alpha value is -2.55. The van der Waals surface area contributed by atoms with Crippen LogP contribution in [0.3, 0.4) is 0 Å². The molecule has 1 aliphatic rings. The summed E-state index contributed by atoms with van der Waals surface area (Å²) in [5.74, 6) is 0.383. The van der Waals surface area contributed by atoms with Crippen LogP contribution in [-0.4, -0.2) is 66.9 Å². The molecule has 2 heterocycles. The molecule has 1 fully saturated rings. The van der Waals surface area contributed by atoms with Crippen molar-refractivity contribution in [1.29, 1.82) is 0 Å². The van der Waals surface area contributed by atoms with E-state index in [9.17, 15) is 9.50 Å². The van der Waals surface area contributed by atoms with Gasteiger partial charge in [0.2, 0.25) is 0 Å². The Kier molecular flexibility index (Phi) is 8.55. The maximum absolute atomic E-state index is 13.4. The average Bonchev–Trinajstić information content (AvgIpc) is 2.79. The first-order valence-electron chi connectivity index (χ1n) is 10.3. The molecular formula is C22H30FN5O2. The summed E-state index contributed by atoms with van der Waals surface area (Å²) in [6, 6.07) is 10.2. The summed E-state index contributed by atoms with van der Waals surface area (Å²) in [5.41, 5.74) is 1.82. The highest BCUT2D eigenvalue weighted by molar-refractivity contribution is 5.79. The zero-order chi connectivity index (χ0) is 21.2. The number of rotatable bonds is 8. The summed E-state index contributed by atoms with van der Waals surface area (Å²) in [7, 11) is 0. The zero-order valence-corrected chi connectivity index (χ0v) is 17.3. The van der Waals surface area contributed by atoms with Crippen LogP contribution < -0.4 is 10.6 Å². The maximum atomic E-state index is 13.4. The van der Waals surface area contributed by atoms with Gasteiger partial charge < -0.3 is 20.5 Å². The summed E-state index contributed by atoms with van der Waals surface area (Å²) < 4.78 is 18.9. The van der Waals surface area contributed by atoms with E-state index in [4.69, 9.17) is 9.73 Å². The van der Waals surface area contributed by atoms with Gasteiger partial charge in [0, 0.05) is 38.6 Å². The minimum absolute atomic E-state index is 0.0232. The summed E-state index contributed by atoms with van der Waals surface area (Å²) >= 11 is 0. The number of hydrogen-bond donors (Lipinski definition) is 3. The standard InChI is InChI=1S/C22H30FN5O2/c1-2-25-22(27-16-21(29)18-7-9-24-10-8-18)26-15-20(28-11-13-30-14-12-28)17-3-5-19(23)6-4-17/h3-10,20-21,29H,2,11-16H2,1H3,(H2,25,26,27). The predicted molar refractivity (Wildman–Crippen MR) is 115 cm³/mol. The van der Waals surface area contributed by atoms with Crippen LogP contribution in [0.4, 0.5) is 4.39 Å². The molecule has 0 amide bonds.